The number of nitrogens with two attached hydrogens (primary N) is 2. The summed E-state index contributed by atoms with van der Waals surface area (Å²) in [5.41, 5.74) is 10.1. The highest BCUT2D eigenvalue weighted by Gasteiger charge is 2.43. The normalized spacial score (nSPS) is 15.6. The number of hydrogen-bond acceptors (Lipinski definition) is 4. The van der Waals surface area contributed by atoms with Crippen LogP contribution in [0.3, 0.4) is 0 Å². The Bertz CT molecular complexity index is 721. The molecule has 8 nitrogen and oxygen atoms in total. The van der Waals surface area contributed by atoms with Crippen LogP contribution < -0.4 is 25.8 Å². The number of guanidine groups is 1. The second-order valence-electron chi connectivity index (χ2n) is 6.25. The maximum Gasteiger partial charge on any atom is 0.280 e. The minimum Gasteiger partial charge on any atom is -0.493 e. The summed E-state index contributed by atoms with van der Waals surface area (Å²) in [6.07, 6.45) is 0. The van der Waals surface area contributed by atoms with Crippen LogP contribution in [0.5, 0.6) is 11.5 Å². The van der Waals surface area contributed by atoms with Crippen molar-refractivity contribution in [1.82, 2.24) is 0 Å². The van der Waals surface area contributed by atoms with E-state index in [1.807, 2.05) is 13.8 Å². The van der Waals surface area contributed by atoms with Crippen LogP contribution in [0, 0.1) is 0 Å². The molecule has 0 spiro atoms. The van der Waals surface area contributed by atoms with E-state index in [-0.39, 0.29) is 23.5 Å². The standard InChI is InChI=1S/C16H22N4O4/c1-8(2)20-10-6-9(13(21)19-15(17)18)7-11(23-5)12(10)24-16(3,4)14(20)22/h6-8H,1-5H3,(H4,17,18,19,21). The third kappa shape index (κ3) is 2.99. The Morgan fingerprint density at radius 1 is 1.33 bits per heavy atom. The monoisotopic (exact) mass is 334 g/mol. The fraction of sp³-hybridized carbons (Fsp3) is 0.438. The van der Waals surface area contributed by atoms with E-state index in [2.05, 4.69) is 4.99 Å². The van der Waals surface area contributed by atoms with E-state index in [9.17, 15) is 9.59 Å². The van der Waals surface area contributed by atoms with Gasteiger partial charge in [0.05, 0.1) is 12.8 Å². The lowest BCUT2D eigenvalue weighted by Crippen LogP contribution is -2.54. The molecule has 2 rings (SSSR count). The van der Waals surface area contributed by atoms with Gasteiger partial charge in [-0.1, -0.05) is 0 Å². The van der Waals surface area contributed by atoms with Crippen LogP contribution in [0.4, 0.5) is 5.69 Å². The van der Waals surface area contributed by atoms with Gasteiger partial charge < -0.3 is 25.8 Å². The molecule has 24 heavy (non-hydrogen) atoms. The molecule has 1 heterocycles. The summed E-state index contributed by atoms with van der Waals surface area (Å²) in [7, 11) is 1.46. The van der Waals surface area contributed by atoms with Crippen molar-refractivity contribution >= 4 is 23.5 Å². The Hall–Kier alpha value is -2.77. The highest BCUT2D eigenvalue weighted by molar-refractivity contribution is 6.07. The molecule has 130 valence electrons. The maximum absolute atomic E-state index is 12.7. The van der Waals surface area contributed by atoms with Crippen molar-refractivity contribution in [3.8, 4) is 11.5 Å². The lowest BCUT2D eigenvalue weighted by atomic mass is 10.0. The summed E-state index contributed by atoms with van der Waals surface area (Å²) < 4.78 is 11.2. The number of fused-ring (bicyclic) bond motifs is 1. The Morgan fingerprint density at radius 3 is 2.46 bits per heavy atom. The van der Waals surface area contributed by atoms with E-state index in [0.717, 1.165) is 0 Å². The molecule has 0 atom stereocenters. The van der Waals surface area contributed by atoms with E-state index >= 15 is 0 Å². The Kier molecular flexibility index (Phi) is 4.42. The van der Waals surface area contributed by atoms with Crippen molar-refractivity contribution in [2.75, 3.05) is 12.0 Å². The summed E-state index contributed by atoms with van der Waals surface area (Å²) in [6.45, 7) is 7.12. The number of carbonyl (C=O) groups excluding carboxylic acids is 2. The Labute approximate surface area is 140 Å². The molecule has 0 aromatic heterocycles. The molecule has 0 radical (unpaired) electrons. The zero-order valence-corrected chi connectivity index (χ0v) is 14.4. The first-order valence-electron chi connectivity index (χ1n) is 7.47. The molecule has 0 saturated heterocycles. The van der Waals surface area contributed by atoms with Crippen LogP contribution in [0.2, 0.25) is 0 Å². The summed E-state index contributed by atoms with van der Waals surface area (Å²) in [5.74, 6) is -0.452. The number of ether oxygens (including phenoxy) is 2. The van der Waals surface area contributed by atoms with Crippen LogP contribution >= 0.6 is 0 Å². The van der Waals surface area contributed by atoms with Gasteiger partial charge in [0.15, 0.2) is 23.1 Å². The zero-order chi connectivity index (χ0) is 18.2. The summed E-state index contributed by atoms with van der Waals surface area (Å²) in [6, 6.07) is 2.87. The Balaban J connectivity index is 2.69. The quantitative estimate of drug-likeness (QED) is 0.629. The summed E-state index contributed by atoms with van der Waals surface area (Å²) in [4.78, 5) is 30.0. The third-order valence-electron chi connectivity index (χ3n) is 3.60. The van der Waals surface area contributed by atoms with E-state index in [1.165, 1.54) is 19.2 Å². The number of amides is 2. The van der Waals surface area contributed by atoms with Crippen LogP contribution in [-0.2, 0) is 4.79 Å². The first kappa shape index (κ1) is 17.6. The van der Waals surface area contributed by atoms with Crippen molar-refractivity contribution in [3.05, 3.63) is 17.7 Å². The van der Waals surface area contributed by atoms with Crippen LogP contribution in [0.15, 0.2) is 17.1 Å². The van der Waals surface area contributed by atoms with E-state index < -0.39 is 11.5 Å². The predicted octanol–water partition coefficient (Wildman–Crippen LogP) is 1.02. The molecule has 2 amide bonds. The van der Waals surface area contributed by atoms with Gasteiger partial charge in [-0.15, -0.1) is 0 Å². The third-order valence-corrected chi connectivity index (χ3v) is 3.60. The Morgan fingerprint density at radius 2 is 1.96 bits per heavy atom. The average molecular weight is 334 g/mol. The second kappa shape index (κ2) is 6.03. The largest absolute Gasteiger partial charge is 0.493 e. The number of nitrogens with zero attached hydrogens (tertiary/aromatic N) is 2. The van der Waals surface area contributed by atoms with Crippen molar-refractivity contribution in [2.24, 2.45) is 16.5 Å². The van der Waals surface area contributed by atoms with Gasteiger partial charge >= 0.3 is 0 Å². The van der Waals surface area contributed by atoms with Gasteiger partial charge in [0.25, 0.3) is 11.8 Å². The number of rotatable bonds is 3. The van der Waals surface area contributed by atoms with Gasteiger partial charge in [0.1, 0.15) is 0 Å². The number of hydrogen-bond donors (Lipinski definition) is 2. The number of anilines is 1. The molecular weight excluding hydrogens is 312 g/mol. The molecule has 8 heteroatoms. The molecule has 1 aliphatic rings. The van der Waals surface area contributed by atoms with Crippen LogP contribution in [0.1, 0.15) is 38.1 Å². The number of benzene rings is 1. The predicted molar refractivity (Wildman–Crippen MR) is 90.5 cm³/mol. The fourth-order valence-electron chi connectivity index (χ4n) is 2.54. The minimum atomic E-state index is -1.05. The van der Waals surface area contributed by atoms with Crippen LogP contribution in [0.25, 0.3) is 0 Å². The molecule has 4 N–H and O–H groups in total. The number of methoxy groups -OCH3 is 1. The molecule has 0 fully saturated rings. The minimum absolute atomic E-state index is 0.141. The highest BCUT2D eigenvalue weighted by Crippen LogP contribution is 2.46. The van der Waals surface area contributed by atoms with Gasteiger partial charge in [-0.2, -0.15) is 4.99 Å². The molecule has 1 aliphatic heterocycles. The number of carbonyl (C=O) groups is 2. The molecule has 0 unspecified atom stereocenters. The number of aliphatic imine (C=N–C) groups is 1. The molecule has 1 aromatic rings. The SMILES string of the molecule is COc1cc(C(=O)N=C(N)N)cc2c1OC(C)(C)C(=O)N2C(C)C. The molecule has 1 aromatic carbocycles. The smallest absolute Gasteiger partial charge is 0.280 e. The first-order valence-corrected chi connectivity index (χ1v) is 7.47. The fourth-order valence-corrected chi connectivity index (χ4v) is 2.54. The van der Waals surface area contributed by atoms with Crippen molar-refractivity contribution in [1.29, 1.82) is 0 Å². The van der Waals surface area contributed by atoms with Crippen LogP contribution in [-0.4, -0.2) is 36.5 Å². The first-order chi connectivity index (χ1) is 11.1. The molecule has 0 aliphatic carbocycles. The van der Waals surface area contributed by atoms with Gasteiger partial charge in [-0.3, -0.25) is 9.59 Å². The molecule has 0 saturated carbocycles. The topological polar surface area (TPSA) is 120 Å². The molecular formula is C16H22N4O4. The van der Waals surface area contributed by atoms with Crippen molar-refractivity contribution in [2.45, 2.75) is 39.3 Å². The zero-order valence-electron chi connectivity index (χ0n) is 14.4. The van der Waals surface area contributed by atoms with Crippen molar-refractivity contribution < 1.29 is 19.1 Å². The van der Waals surface area contributed by atoms with Gasteiger partial charge in [-0.05, 0) is 39.8 Å². The van der Waals surface area contributed by atoms with E-state index in [0.29, 0.717) is 17.2 Å². The second-order valence-corrected chi connectivity index (χ2v) is 6.25. The van der Waals surface area contributed by atoms with E-state index in [1.54, 1.807) is 18.7 Å². The lowest BCUT2D eigenvalue weighted by Gasteiger charge is -2.41. The van der Waals surface area contributed by atoms with Gasteiger partial charge in [0, 0.05) is 11.6 Å². The summed E-state index contributed by atoms with van der Waals surface area (Å²) >= 11 is 0. The maximum atomic E-state index is 12.7. The van der Waals surface area contributed by atoms with Gasteiger partial charge in [-0.25, -0.2) is 0 Å². The summed E-state index contributed by atoms with van der Waals surface area (Å²) in [5, 5.41) is 0. The lowest BCUT2D eigenvalue weighted by molar-refractivity contribution is -0.133. The average Bonchev–Trinajstić information content (AvgIpc) is 2.46. The van der Waals surface area contributed by atoms with Crippen molar-refractivity contribution in [3.63, 3.8) is 0 Å². The van der Waals surface area contributed by atoms with Gasteiger partial charge in [0.2, 0.25) is 0 Å². The molecule has 0 bridgehead atoms. The highest BCUT2D eigenvalue weighted by atomic mass is 16.5. The van der Waals surface area contributed by atoms with E-state index in [4.69, 9.17) is 20.9 Å².